The minimum atomic E-state index is 0.886. The van der Waals surface area contributed by atoms with Gasteiger partial charge in [0.15, 0.2) is 0 Å². The molecule has 1 aromatic heterocycles. The van der Waals surface area contributed by atoms with E-state index in [1.807, 2.05) is 6.20 Å². The molecule has 2 N–H and O–H groups in total. The smallest absolute Gasteiger partial charge is 0.225 e. The number of fused-ring (bicyclic) bond motifs is 1. The van der Waals surface area contributed by atoms with Crippen LogP contribution in [0.25, 0.3) is 0 Å². The van der Waals surface area contributed by atoms with E-state index >= 15 is 0 Å². The van der Waals surface area contributed by atoms with Gasteiger partial charge in [-0.1, -0.05) is 0 Å². The molecule has 0 radical (unpaired) electrons. The van der Waals surface area contributed by atoms with Crippen LogP contribution in [-0.4, -0.2) is 42.7 Å². The van der Waals surface area contributed by atoms with Gasteiger partial charge in [-0.2, -0.15) is 0 Å². The zero-order valence-electron chi connectivity index (χ0n) is 9.37. The average Bonchev–Trinajstić information content (AvgIpc) is 2.39. The lowest BCUT2D eigenvalue weighted by Gasteiger charge is -2.28. The number of hydrogen-bond donors (Lipinski definition) is 2. The molecule has 1 fully saturated rings. The van der Waals surface area contributed by atoms with Gasteiger partial charge in [0.2, 0.25) is 5.95 Å². The first-order chi connectivity index (χ1) is 7.93. The zero-order valence-corrected chi connectivity index (χ0v) is 9.37. The monoisotopic (exact) mass is 219 g/mol. The summed E-state index contributed by atoms with van der Waals surface area (Å²) in [5.41, 5.74) is 2.48. The first kappa shape index (κ1) is 9.99. The van der Waals surface area contributed by atoms with Gasteiger partial charge < -0.3 is 15.5 Å². The van der Waals surface area contributed by atoms with Gasteiger partial charge in [-0.25, -0.2) is 9.97 Å². The van der Waals surface area contributed by atoms with Gasteiger partial charge in [-0.05, 0) is 18.5 Å². The van der Waals surface area contributed by atoms with Gasteiger partial charge in [-0.15, -0.1) is 0 Å². The Morgan fingerprint density at radius 3 is 2.88 bits per heavy atom. The summed E-state index contributed by atoms with van der Waals surface area (Å²) in [7, 11) is 0. The third-order valence-electron chi connectivity index (χ3n) is 3.20. The molecule has 86 valence electrons. The van der Waals surface area contributed by atoms with Crippen molar-refractivity contribution in [3.8, 4) is 0 Å². The second-order valence-electron chi connectivity index (χ2n) is 4.31. The number of aromatic nitrogens is 2. The first-order valence-corrected chi connectivity index (χ1v) is 5.95. The van der Waals surface area contributed by atoms with E-state index < -0.39 is 0 Å². The molecule has 0 aliphatic carbocycles. The van der Waals surface area contributed by atoms with Crippen molar-refractivity contribution in [2.45, 2.75) is 13.0 Å². The highest BCUT2D eigenvalue weighted by Crippen LogP contribution is 2.15. The molecular weight excluding hydrogens is 202 g/mol. The molecule has 2 aliphatic heterocycles. The minimum Gasteiger partial charge on any atom is -0.338 e. The Morgan fingerprint density at radius 2 is 2.00 bits per heavy atom. The Morgan fingerprint density at radius 1 is 1.12 bits per heavy atom. The molecule has 3 rings (SSSR count). The number of anilines is 1. The molecule has 0 atom stereocenters. The van der Waals surface area contributed by atoms with Crippen LogP contribution in [0.5, 0.6) is 0 Å². The number of rotatable bonds is 1. The number of piperazine rings is 1. The van der Waals surface area contributed by atoms with Crippen LogP contribution >= 0.6 is 0 Å². The second kappa shape index (κ2) is 4.35. The van der Waals surface area contributed by atoms with Gasteiger partial charge in [0, 0.05) is 38.9 Å². The van der Waals surface area contributed by atoms with Crippen LogP contribution < -0.4 is 15.5 Å². The van der Waals surface area contributed by atoms with Crippen molar-refractivity contribution in [1.29, 1.82) is 0 Å². The fourth-order valence-corrected chi connectivity index (χ4v) is 2.24. The molecule has 0 spiro atoms. The van der Waals surface area contributed by atoms with E-state index in [1.165, 1.54) is 11.3 Å². The molecule has 1 saturated heterocycles. The third-order valence-corrected chi connectivity index (χ3v) is 3.20. The molecule has 1 aromatic rings. The Labute approximate surface area is 95.3 Å². The van der Waals surface area contributed by atoms with E-state index in [4.69, 9.17) is 0 Å². The number of nitrogens with zero attached hydrogens (tertiary/aromatic N) is 3. The van der Waals surface area contributed by atoms with Crippen LogP contribution in [0.3, 0.4) is 0 Å². The summed E-state index contributed by atoms with van der Waals surface area (Å²) in [6.45, 7) is 6.00. The summed E-state index contributed by atoms with van der Waals surface area (Å²) in [6.07, 6.45) is 3.05. The topological polar surface area (TPSA) is 53.1 Å². The lowest BCUT2D eigenvalue weighted by molar-refractivity contribution is 0.572. The fraction of sp³-hybridized carbons (Fsp3) is 0.636. The molecule has 16 heavy (non-hydrogen) atoms. The number of hydrogen-bond acceptors (Lipinski definition) is 5. The Hall–Kier alpha value is -1.20. The SMILES string of the molecule is c1nc(N2CCNCC2)nc2c1CCNC2. The van der Waals surface area contributed by atoms with E-state index in [-0.39, 0.29) is 0 Å². The molecule has 0 amide bonds. The van der Waals surface area contributed by atoms with E-state index in [0.717, 1.165) is 51.6 Å². The molecular formula is C11H17N5. The summed E-state index contributed by atoms with van der Waals surface area (Å²) in [5, 5.41) is 6.69. The van der Waals surface area contributed by atoms with Crippen molar-refractivity contribution < 1.29 is 0 Å². The van der Waals surface area contributed by atoms with Gasteiger partial charge in [0.1, 0.15) is 0 Å². The Bertz CT molecular complexity index is 373. The van der Waals surface area contributed by atoms with Crippen LogP contribution in [0, 0.1) is 0 Å². The predicted molar refractivity (Wildman–Crippen MR) is 62.5 cm³/mol. The summed E-state index contributed by atoms with van der Waals surface area (Å²) in [6, 6.07) is 0. The van der Waals surface area contributed by atoms with Crippen molar-refractivity contribution in [2.75, 3.05) is 37.6 Å². The molecule has 2 aliphatic rings. The van der Waals surface area contributed by atoms with Crippen LogP contribution in [0.15, 0.2) is 6.20 Å². The standard InChI is InChI=1S/C11H17N5/c1-2-13-8-10-9(1)7-14-11(15-10)16-5-3-12-4-6-16/h7,12-13H,1-6,8H2. The normalized spacial score (nSPS) is 20.6. The van der Waals surface area contributed by atoms with Crippen molar-refractivity contribution in [2.24, 2.45) is 0 Å². The van der Waals surface area contributed by atoms with E-state index in [0.29, 0.717) is 0 Å². The highest BCUT2D eigenvalue weighted by molar-refractivity contribution is 5.34. The highest BCUT2D eigenvalue weighted by atomic mass is 15.3. The van der Waals surface area contributed by atoms with Crippen molar-refractivity contribution in [3.63, 3.8) is 0 Å². The summed E-state index contributed by atoms with van der Waals surface area (Å²) >= 11 is 0. The lowest BCUT2D eigenvalue weighted by Crippen LogP contribution is -2.44. The average molecular weight is 219 g/mol. The van der Waals surface area contributed by atoms with E-state index in [2.05, 4.69) is 25.5 Å². The first-order valence-electron chi connectivity index (χ1n) is 5.95. The summed E-state index contributed by atoms with van der Waals surface area (Å²) in [5.74, 6) is 0.893. The molecule has 3 heterocycles. The minimum absolute atomic E-state index is 0.886. The van der Waals surface area contributed by atoms with Crippen LogP contribution in [0.2, 0.25) is 0 Å². The van der Waals surface area contributed by atoms with Gasteiger partial charge in [-0.3, -0.25) is 0 Å². The molecule has 0 aromatic carbocycles. The fourth-order valence-electron chi connectivity index (χ4n) is 2.24. The maximum Gasteiger partial charge on any atom is 0.225 e. The Kier molecular flexibility index (Phi) is 2.71. The van der Waals surface area contributed by atoms with Crippen molar-refractivity contribution >= 4 is 5.95 Å². The van der Waals surface area contributed by atoms with E-state index in [1.54, 1.807) is 0 Å². The Balaban J connectivity index is 1.84. The van der Waals surface area contributed by atoms with Crippen molar-refractivity contribution in [3.05, 3.63) is 17.5 Å². The largest absolute Gasteiger partial charge is 0.338 e. The highest BCUT2D eigenvalue weighted by Gasteiger charge is 2.16. The maximum absolute atomic E-state index is 4.66. The summed E-state index contributed by atoms with van der Waals surface area (Å²) in [4.78, 5) is 11.4. The number of nitrogens with one attached hydrogen (secondary N) is 2. The lowest BCUT2D eigenvalue weighted by atomic mass is 10.1. The molecule has 0 bridgehead atoms. The van der Waals surface area contributed by atoms with Crippen molar-refractivity contribution in [1.82, 2.24) is 20.6 Å². The zero-order chi connectivity index (χ0) is 10.8. The quantitative estimate of drug-likeness (QED) is 0.669. The molecule has 5 nitrogen and oxygen atoms in total. The van der Waals surface area contributed by atoms with Gasteiger partial charge in [0.05, 0.1) is 5.69 Å². The molecule has 0 unspecified atom stereocenters. The second-order valence-corrected chi connectivity index (χ2v) is 4.31. The third kappa shape index (κ3) is 1.88. The van der Waals surface area contributed by atoms with Crippen LogP contribution in [-0.2, 0) is 13.0 Å². The molecule has 0 saturated carbocycles. The van der Waals surface area contributed by atoms with Crippen LogP contribution in [0.4, 0.5) is 5.95 Å². The van der Waals surface area contributed by atoms with Gasteiger partial charge >= 0.3 is 0 Å². The summed E-state index contributed by atoms with van der Waals surface area (Å²) < 4.78 is 0. The molecule has 5 heteroatoms. The van der Waals surface area contributed by atoms with E-state index in [9.17, 15) is 0 Å². The maximum atomic E-state index is 4.66. The van der Waals surface area contributed by atoms with Gasteiger partial charge in [0.25, 0.3) is 0 Å². The van der Waals surface area contributed by atoms with Crippen LogP contribution in [0.1, 0.15) is 11.3 Å². The predicted octanol–water partition coefficient (Wildman–Crippen LogP) is -0.468.